The molecule has 124 valence electrons. The van der Waals surface area contributed by atoms with Crippen LogP contribution in [0.5, 0.6) is 5.75 Å². The van der Waals surface area contributed by atoms with Gasteiger partial charge in [-0.2, -0.15) is 0 Å². The van der Waals surface area contributed by atoms with Gasteiger partial charge < -0.3 is 19.7 Å². The number of hydrogen-bond donors (Lipinski definition) is 2. The maximum absolute atomic E-state index is 12.1. The van der Waals surface area contributed by atoms with Gasteiger partial charge in [0.05, 0.1) is 12.3 Å². The summed E-state index contributed by atoms with van der Waals surface area (Å²) in [5, 5.41) is 15.6. The molecule has 6 heteroatoms. The van der Waals surface area contributed by atoms with Crippen molar-refractivity contribution in [3.8, 4) is 5.75 Å². The minimum absolute atomic E-state index is 0.0584. The minimum Gasteiger partial charge on any atom is -0.491 e. The number of carbonyl (C=O) groups is 1. The zero-order valence-corrected chi connectivity index (χ0v) is 13.4. The Hall–Kier alpha value is -2.34. The predicted molar refractivity (Wildman–Crippen MR) is 85.4 cm³/mol. The zero-order valence-electron chi connectivity index (χ0n) is 13.4. The van der Waals surface area contributed by atoms with Crippen LogP contribution in [0.1, 0.15) is 48.0 Å². The molecule has 1 atom stereocenters. The summed E-state index contributed by atoms with van der Waals surface area (Å²) in [4.78, 5) is 12.1. The standard InChI is InChI=1S/C17H22N2O4/c1-3-12(2)14-10-16(23-19-14)17(21)18-11-13-6-4-5-7-15(13)22-9-8-20/h4-7,10,12,20H,3,8-9,11H2,1-2H3,(H,18,21). The van der Waals surface area contributed by atoms with Gasteiger partial charge in [0.25, 0.3) is 5.91 Å². The number of benzene rings is 1. The molecular formula is C17H22N2O4. The van der Waals surface area contributed by atoms with Crippen LogP contribution < -0.4 is 10.1 Å². The van der Waals surface area contributed by atoms with Gasteiger partial charge in [-0.05, 0) is 12.5 Å². The van der Waals surface area contributed by atoms with E-state index >= 15 is 0 Å². The molecule has 0 aliphatic heterocycles. The molecule has 23 heavy (non-hydrogen) atoms. The van der Waals surface area contributed by atoms with Gasteiger partial charge in [-0.25, -0.2) is 0 Å². The lowest BCUT2D eigenvalue weighted by Crippen LogP contribution is -2.22. The third kappa shape index (κ3) is 4.56. The average Bonchev–Trinajstić information content (AvgIpc) is 3.08. The predicted octanol–water partition coefficient (Wildman–Crippen LogP) is 2.49. The number of nitrogens with zero attached hydrogens (tertiary/aromatic N) is 1. The van der Waals surface area contributed by atoms with Gasteiger partial charge in [0.15, 0.2) is 0 Å². The summed E-state index contributed by atoms with van der Waals surface area (Å²) in [5.41, 5.74) is 1.61. The average molecular weight is 318 g/mol. The SMILES string of the molecule is CCC(C)c1cc(C(=O)NCc2ccccc2OCCO)on1. The highest BCUT2D eigenvalue weighted by Gasteiger charge is 2.16. The largest absolute Gasteiger partial charge is 0.491 e. The fourth-order valence-corrected chi connectivity index (χ4v) is 2.05. The monoisotopic (exact) mass is 318 g/mol. The van der Waals surface area contributed by atoms with Crippen molar-refractivity contribution < 1.29 is 19.2 Å². The Kier molecular flexibility index (Phi) is 6.17. The van der Waals surface area contributed by atoms with E-state index in [9.17, 15) is 4.79 Å². The van der Waals surface area contributed by atoms with Crippen LogP contribution in [0.3, 0.4) is 0 Å². The minimum atomic E-state index is -0.316. The van der Waals surface area contributed by atoms with Crippen LogP contribution in [0, 0.1) is 0 Å². The number of hydrogen-bond acceptors (Lipinski definition) is 5. The van der Waals surface area contributed by atoms with Crippen LogP contribution in [0.15, 0.2) is 34.9 Å². The summed E-state index contributed by atoms with van der Waals surface area (Å²) in [7, 11) is 0. The van der Waals surface area contributed by atoms with Crippen molar-refractivity contribution in [3.05, 3.63) is 47.3 Å². The molecule has 1 aromatic carbocycles. The Balaban J connectivity index is 1.98. The summed E-state index contributed by atoms with van der Waals surface area (Å²) in [5.74, 6) is 0.783. The van der Waals surface area contributed by atoms with Gasteiger partial charge >= 0.3 is 0 Å². The third-order valence-corrected chi connectivity index (χ3v) is 3.63. The highest BCUT2D eigenvalue weighted by Crippen LogP contribution is 2.19. The summed E-state index contributed by atoms with van der Waals surface area (Å²) in [6.45, 7) is 4.55. The molecular weight excluding hydrogens is 296 g/mol. The first-order chi connectivity index (χ1) is 11.2. The number of ether oxygens (including phenoxy) is 1. The van der Waals surface area contributed by atoms with Crippen LogP contribution in [0.2, 0.25) is 0 Å². The lowest BCUT2D eigenvalue weighted by molar-refractivity contribution is 0.0913. The van der Waals surface area contributed by atoms with Crippen molar-refractivity contribution in [2.24, 2.45) is 0 Å². The van der Waals surface area contributed by atoms with Crippen LogP contribution in [-0.2, 0) is 6.54 Å². The first-order valence-electron chi connectivity index (χ1n) is 7.72. The molecule has 6 nitrogen and oxygen atoms in total. The van der Waals surface area contributed by atoms with Crippen LogP contribution >= 0.6 is 0 Å². The Labute approximate surface area is 135 Å². The van der Waals surface area contributed by atoms with Gasteiger partial charge in [-0.3, -0.25) is 4.79 Å². The van der Waals surface area contributed by atoms with E-state index in [4.69, 9.17) is 14.4 Å². The summed E-state index contributed by atoms with van der Waals surface area (Å²) in [6.07, 6.45) is 0.934. The highest BCUT2D eigenvalue weighted by molar-refractivity contribution is 5.91. The van der Waals surface area contributed by atoms with Crippen LogP contribution in [0.25, 0.3) is 0 Å². The van der Waals surface area contributed by atoms with Crippen LogP contribution in [0.4, 0.5) is 0 Å². The van der Waals surface area contributed by atoms with E-state index in [1.54, 1.807) is 12.1 Å². The fraction of sp³-hybridized carbons (Fsp3) is 0.412. The lowest BCUT2D eigenvalue weighted by Gasteiger charge is -2.10. The number of rotatable bonds is 8. The molecule has 0 aliphatic carbocycles. The second-order valence-electron chi connectivity index (χ2n) is 5.29. The maximum atomic E-state index is 12.1. The number of carbonyl (C=O) groups excluding carboxylic acids is 1. The number of amides is 1. The zero-order chi connectivity index (χ0) is 16.7. The number of nitrogens with one attached hydrogen (secondary N) is 1. The smallest absolute Gasteiger partial charge is 0.290 e. The molecule has 1 unspecified atom stereocenters. The van der Waals surface area contributed by atoms with Crippen molar-refractivity contribution in [1.82, 2.24) is 10.5 Å². The van der Waals surface area contributed by atoms with Gasteiger partial charge in [0.1, 0.15) is 12.4 Å². The van der Waals surface area contributed by atoms with Crippen LogP contribution in [-0.4, -0.2) is 29.4 Å². The van der Waals surface area contributed by atoms with Gasteiger partial charge in [0, 0.05) is 24.1 Å². The molecule has 2 N–H and O–H groups in total. The molecule has 1 heterocycles. The molecule has 0 spiro atoms. The molecule has 0 radical (unpaired) electrons. The summed E-state index contributed by atoms with van der Waals surface area (Å²) in [6, 6.07) is 9.04. The molecule has 0 saturated heterocycles. The Bertz CT molecular complexity index is 639. The fourth-order valence-electron chi connectivity index (χ4n) is 2.05. The van der Waals surface area contributed by atoms with Gasteiger partial charge in [0.2, 0.25) is 5.76 Å². The molecule has 2 rings (SSSR count). The van der Waals surface area contributed by atoms with Crippen molar-refractivity contribution in [1.29, 1.82) is 0 Å². The second kappa shape index (κ2) is 8.33. The number of aromatic nitrogens is 1. The lowest BCUT2D eigenvalue weighted by atomic mass is 10.1. The van der Waals surface area contributed by atoms with E-state index in [0.717, 1.165) is 17.7 Å². The van der Waals surface area contributed by atoms with Crippen molar-refractivity contribution >= 4 is 5.91 Å². The normalized spacial score (nSPS) is 12.0. The second-order valence-corrected chi connectivity index (χ2v) is 5.29. The van der Waals surface area contributed by atoms with Gasteiger partial charge in [-0.1, -0.05) is 37.2 Å². The third-order valence-electron chi connectivity index (χ3n) is 3.63. The maximum Gasteiger partial charge on any atom is 0.290 e. The van der Waals surface area contributed by atoms with Crippen molar-refractivity contribution in [2.75, 3.05) is 13.2 Å². The van der Waals surface area contributed by atoms with E-state index in [0.29, 0.717) is 12.3 Å². The van der Waals surface area contributed by atoms with E-state index < -0.39 is 0 Å². The van der Waals surface area contributed by atoms with Crippen molar-refractivity contribution in [3.63, 3.8) is 0 Å². The number of para-hydroxylation sites is 1. The quantitative estimate of drug-likeness (QED) is 0.781. The first-order valence-corrected chi connectivity index (χ1v) is 7.72. The molecule has 1 amide bonds. The molecule has 0 aliphatic rings. The Morgan fingerprint density at radius 3 is 2.96 bits per heavy atom. The van der Waals surface area contributed by atoms with E-state index in [1.165, 1.54) is 0 Å². The number of aliphatic hydroxyl groups excluding tert-OH is 1. The Morgan fingerprint density at radius 2 is 2.22 bits per heavy atom. The topological polar surface area (TPSA) is 84.6 Å². The first kappa shape index (κ1) is 17.0. The van der Waals surface area contributed by atoms with Crippen molar-refractivity contribution in [2.45, 2.75) is 32.7 Å². The molecule has 0 fully saturated rings. The van der Waals surface area contributed by atoms with E-state index in [-0.39, 0.29) is 30.8 Å². The molecule has 1 aromatic heterocycles. The highest BCUT2D eigenvalue weighted by atomic mass is 16.5. The van der Waals surface area contributed by atoms with E-state index in [2.05, 4.69) is 17.4 Å². The van der Waals surface area contributed by atoms with Gasteiger partial charge in [-0.15, -0.1) is 0 Å². The molecule has 0 bridgehead atoms. The Morgan fingerprint density at radius 1 is 1.43 bits per heavy atom. The molecule has 0 saturated carbocycles. The summed E-state index contributed by atoms with van der Waals surface area (Å²) < 4.78 is 10.5. The number of aliphatic hydroxyl groups is 1. The molecule has 2 aromatic rings. The van der Waals surface area contributed by atoms with E-state index in [1.807, 2.05) is 25.1 Å². The summed E-state index contributed by atoms with van der Waals surface area (Å²) >= 11 is 0.